The molecule has 1 fully saturated rings. The van der Waals surface area contributed by atoms with Crippen LogP contribution in [0.4, 0.5) is 18.9 Å². The van der Waals surface area contributed by atoms with Crippen LogP contribution >= 0.6 is 12.2 Å². The second-order valence-electron chi connectivity index (χ2n) is 9.04. The number of halogens is 3. The second kappa shape index (κ2) is 9.09. The summed E-state index contributed by atoms with van der Waals surface area (Å²) in [4.78, 5) is 6.66. The molecule has 2 aromatic carbocycles. The minimum atomic E-state index is -4.42. The lowest BCUT2D eigenvalue weighted by molar-refractivity contribution is -0.137. The van der Waals surface area contributed by atoms with Crippen molar-refractivity contribution in [3.05, 3.63) is 113 Å². The molecule has 0 aliphatic carbocycles. The largest absolute Gasteiger partial charge is 0.416 e. The number of anilines is 1. The summed E-state index contributed by atoms with van der Waals surface area (Å²) in [6, 6.07) is 20.9. The second-order valence-corrected chi connectivity index (χ2v) is 9.43. The van der Waals surface area contributed by atoms with Crippen molar-refractivity contribution in [3.8, 4) is 5.69 Å². The molecule has 5 rings (SSSR count). The first-order valence-corrected chi connectivity index (χ1v) is 12.0. The van der Waals surface area contributed by atoms with Gasteiger partial charge in [-0.2, -0.15) is 13.2 Å². The number of nitrogens with zero attached hydrogens (tertiary/aromatic N) is 3. The summed E-state index contributed by atoms with van der Waals surface area (Å²) in [5, 5.41) is 4.02. The Kier molecular flexibility index (Phi) is 6.08. The summed E-state index contributed by atoms with van der Waals surface area (Å²) < 4.78 is 42.2. The Hall–Kier alpha value is -3.65. The van der Waals surface area contributed by atoms with Gasteiger partial charge in [0, 0.05) is 29.0 Å². The van der Waals surface area contributed by atoms with Crippen LogP contribution in [-0.2, 0) is 6.18 Å². The van der Waals surface area contributed by atoms with Crippen molar-refractivity contribution in [1.29, 1.82) is 0 Å². The molecule has 1 aliphatic rings. The molecule has 0 bridgehead atoms. The van der Waals surface area contributed by atoms with E-state index in [9.17, 15) is 13.2 Å². The van der Waals surface area contributed by atoms with Crippen LogP contribution in [0.25, 0.3) is 5.69 Å². The first kappa shape index (κ1) is 24.1. The summed E-state index contributed by atoms with van der Waals surface area (Å²) in [5.41, 5.74) is 5.35. The molecule has 1 N–H and O–H groups in total. The molecule has 0 spiro atoms. The van der Waals surface area contributed by atoms with Gasteiger partial charge in [0.05, 0.1) is 23.3 Å². The normalized spacial score (nSPS) is 17.9. The molecular formula is C28H25F3N4S. The maximum Gasteiger partial charge on any atom is 0.416 e. The molecule has 0 unspecified atom stereocenters. The van der Waals surface area contributed by atoms with Crippen molar-refractivity contribution >= 4 is 23.0 Å². The summed E-state index contributed by atoms with van der Waals surface area (Å²) in [5.74, 6) is 0. The van der Waals surface area contributed by atoms with Gasteiger partial charge < -0.3 is 14.8 Å². The van der Waals surface area contributed by atoms with Crippen LogP contribution in [0.15, 0.2) is 79.0 Å². The van der Waals surface area contributed by atoms with Gasteiger partial charge in [0.15, 0.2) is 5.11 Å². The van der Waals surface area contributed by atoms with Crippen molar-refractivity contribution in [3.63, 3.8) is 0 Å². The van der Waals surface area contributed by atoms with Crippen molar-refractivity contribution in [2.45, 2.75) is 39.0 Å². The molecule has 4 nitrogen and oxygen atoms in total. The maximum absolute atomic E-state index is 13.4. The third-order valence-corrected chi connectivity index (χ3v) is 6.95. The smallest absolute Gasteiger partial charge is 0.351 e. The van der Waals surface area contributed by atoms with Gasteiger partial charge in [0.25, 0.3) is 0 Å². The first-order chi connectivity index (χ1) is 17.1. The molecule has 2 atom stereocenters. The van der Waals surface area contributed by atoms with Gasteiger partial charge in [-0.1, -0.05) is 29.8 Å². The topological polar surface area (TPSA) is 33.1 Å². The average Bonchev–Trinajstić information content (AvgIpc) is 3.35. The van der Waals surface area contributed by atoms with Crippen LogP contribution in [0.1, 0.15) is 45.9 Å². The molecule has 36 heavy (non-hydrogen) atoms. The molecule has 2 aromatic heterocycles. The highest BCUT2D eigenvalue weighted by molar-refractivity contribution is 7.80. The average molecular weight is 507 g/mol. The quantitative estimate of drug-likeness (QED) is 0.302. The van der Waals surface area contributed by atoms with Crippen LogP contribution in [0, 0.1) is 20.8 Å². The van der Waals surface area contributed by atoms with Gasteiger partial charge in [-0.05, 0) is 87.1 Å². The number of aromatic nitrogens is 2. The maximum atomic E-state index is 13.4. The first-order valence-electron chi connectivity index (χ1n) is 11.6. The van der Waals surface area contributed by atoms with Crippen molar-refractivity contribution in [1.82, 2.24) is 14.9 Å². The zero-order chi connectivity index (χ0) is 25.6. The van der Waals surface area contributed by atoms with Crippen LogP contribution in [-0.4, -0.2) is 14.7 Å². The molecule has 4 aromatic rings. The molecule has 0 saturated carbocycles. The number of hydrogen-bond acceptors (Lipinski definition) is 2. The van der Waals surface area contributed by atoms with Crippen molar-refractivity contribution in [2.75, 3.05) is 4.90 Å². The van der Waals surface area contributed by atoms with E-state index in [-0.39, 0.29) is 12.1 Å². The predicted molar refractivity (Wildman–Crippen MR) is 139 cm³/mol. The fourth-order valence-electron chi connectivity index (χ4n) is 4.96. The van der Waals surface area contributed by atoms with E-state index in [0.717, 1.165) is 40.0 Å². The zero-order valence-electron chi connectivity index (χ0n) is 20.0. The predicted octanol–water partition coefficient (Wildman–Crippen LogP) is 6.99. The number of thiocarbonyl (C=S) groups is 1. The van der Waals surface area contributed by atoms with Gasteiger partial charge in [-0.15, -0.1) is 0 Å². The van der Waals surface area contributed by atoms with E-state index in [0.29, 0.717) is 10.8 Å². The minimum absolute atomic E-state index is 0.240. The lowest BCUT2D eigenvalue weighted by atomic mass is 9.96. The number of benzene rings is 2. The van der Waals surface area contributed by atoms with Crippen LogP contribution in [0.3, 0.4) is 0 Å². The monoisotopic (exact) mass is 506 g/mol. The minimum Gasteiger partial charge on any atom is -0.351 e. The summed E-state index contributed by atoms with van der Waals surface area (Å²) in [6.45, 7) is 5.87. The fraction of sp³-hybridized carbons (Fsp3) is 0.214. The van der Waals surface area contributed by atoms with E-state index < -0.39 is 11.7 Å². The Morgan fingerprint density at radius 3 is 2.31 bits per heavy atom. The van der Waals surface area contributed by atoms with Crippen LogP contribution in [0.2, 0.25) is 0 Å². The van der Waals surface area contributed by atoms with Crippen LogP contribution in [0.5, 0.6) is 0 Å². The number of rotatable bonds is 4. The molecule has 0 radical (unpaired) electrons. The van der Waals surface area contributed by atoms with Gasteiger partial charge in [-0.3, -0.25) is 4.98 Å². The highest BCUT2D eigenvalue weighted by atomic mass is 32.1. The highest BCUT2D eigenvalue weighted by Gasteiger charge is 2.42. The van der Waals surface area contributed by atoms with E-state index in [4.69, 9.17) is 12.2 Å². The standard InChI is InChI=1S/C28H25F3N4S/c1-17-10-12-21(13-11-17)35-26(25(33-27(35)36)24-9-4-5-14-32-24)23-15-18(2)34(19(23)3)22-8-6-7-20(16-22)28(29,30)31/h4-16,25-26H,1-3H3,(H,33,36)/t25-,26-/m1/s1. The Labute approximate surface area is 213 Å². The number of hydrogen-bond donors (Lipinski definition) is 1. The van der Waals surface area contributed by atoms with Gasteiger partial charge in [0.2, 0.25) is 0 Å². The fourth-order valence-corrected chi connectivity index (χ4v) is 5.31. The lowest BCUT2D eigenvalue weighted by Gasteiger charge is -2.28. The number of nitrogens with one attached hydrogen (secondary N) is 1. The molecule has 1 saturated heterocycles. The molecule has 184 valence electrons. The lowest BCUT2D eigenvalue weighted by Crippen LogP contribution is -2.29. The van der Waals surface area contributed by atoms with Gasteiger partial charge >= 0.3 is 6.18 Å². The van der Waals surface area contributed by atoms with E-state index in [2.05, 4.69) is 15.2 Å². The Balaban J connectivity index is 1.67. The number of alkyl halides is 3. The van der Waals surface area contributed by atoms with E-state index in [1.807, 2.05) is 73.9 Å². The summed E-state index contributed by atoms with van der Waals surface area (Å²) >= 11 is 5.80. The van der Waals surface area contributed by atoms with Gasteiger partial charge in [0.1, 0.15) is 0 Å². The zero-order valence-corrected chi connectivity index (χ0v) is 20.9. The number of pyridine rings is 1. The third-order valence-electron chi connectivity index (χ3n) is 6.63. The van der Waals surface area contributed by atoms with E-state index in [1.165, 1.54) is 12.1 Å². The molecule has 8 heteroatoms. The molecule has 0 amide bonds. The van der Waals surface area contributed by atoms with Gasteiger partial charge in [-0.25, -0.2) is 0 Å². The summed E-state index contributed by atoms with van der Waals surface area (Å²) in [6.07, 6.45) is -2.67. The molecular weight excluding hydrogens is 481 g/mol. The molecule has 1 aliphatic heterocycles. The van der Waals surface area contributed by atoms with Crippen molar-refractivity contribution in [2.24, 2.45) is 0 Å². The molecule has 3 heterocycles. The Morgan fingerprint density at radius 1 is 0.889 bits per heavy atom. The van der Waals surface area contributed by atoms with E-state index in [1.54, 1.807) is 12.3 Å². The number of aryl methyl sites for hydroxylation is 2. The Morgan fingerprint density at radius 2 is 1.64 bits per heavy atom. The van der Waals surface area contributed by atoms with E-state index >= 15 is 0 Å². The third kappa shape index (κ3) is 4.26. The highest BCUT2D eigenvalue weighted by Crippen LogP contribution is 2.44. The SMILES string of the molecule is Cc1ccc(N2C(=S)N[C@H](c3ccccn3)[C@H]2c2cc(C)n(-c3cccc(C(F)(F)F)c3)c2C)cc1. The van der Waals surface area contributed by atoms with Crippen LogP contribution < -0.4 is 10.2 Å². The Bertz CT molecular complexity index is 1410. The van der Waals surface area contributed by atoms with Crippen molar-refractivity contribution < 1.29 is 13.2 Å². The summed E-state index contributed by atoms with van der Waals surface area (Å²) in [7, 11) is 0.